The zero-order chi connectivity index (χ0) is 17.7. The van der Waals surface area contributed by atoms with Gasteiger partial charge in [-0.25, -0.2) is 0 Å². The molecule has 1 aromatic rings. The minimum atomic E-state index is 0.0316. The van der Waals surface area contributed by atoms with Crippen molar-refractivity contribution in [1.82, 2.24) is 19.6 Å². The van der Waals surface area contributed by atoms with Gasteiger partial charge in [0.1, 0.15) is 0 Å². The number of piperazine rings is 1. The lowest BCUT2D eigenvalue weighted by Gasteiger charge is -2.39. The largest absolute Gasteiger partial charge is 0.380 e. The van der Waals surface area contributed by atoms with Crippen LogP contribution in [0, 0.1) is 13.8 Å². The maximum Gasteiger partial charge on any atom is 0.238 e. The van der Waals surface area contributed by atoms with Crippen LogP contribution in [0.15, 0.2) is 0 Å². The maximum absolute atomic E-state index is 12.4. The molecule has 7 heteroatoms. The summed E-state index contributed by atoms with van der Waals surface area (Å²) >= 11 is 0. The van der Waals surface area contributed by atoms with Crippen LogP contribution < -0.4 is 5.32 Å². The van der Waals surface area contributed by atoms with Crippen molar-refractivity contribution in [1.29, 1.82) is 0 Å². The summed E-state index contributed by atoms with van der Waals surface area (Å²) < 4.78 is 7.24. The summed E-state index contributed by atoms with van der Waals surface area (Å²) in [6, 6.07) is 0.439. The second-order valence-corrected chi connectivity index (χ2v) is 6.53. The average Bonchev–Trinajstić information content (AvgIpc) is 2.76. The van der Waals surface area contributed by atoms with E-state index in [9.17, 15) is 4.79 Å². The molecule has 7 nitrogen and oxygen atoms in total. The van der Waals surface area contributed by atoms with Gasteiger partial charge in [0.05, 0.1) is 30.2 Å². The number of ether oxygens (including phenoxy) is 1. The molecule has 0 unspecified atom stereocenters. The highest BCUT2D eigenvalue weighted by Crippen LogP contribution is 2.18. The first-order valence-corrected chi connectivity index (χ1v) is 8.76. The lowest BCUT2D eigenvalue weighted by Crippen LogP contribution is -2.54. The molecule has 136 valence electrons. The predicted molar refractivity (Wildman–Crippen MR) is 95.3 cm³/mol. The van der Waals surface area contributed by atoms with Gasteiger partial charge in [-0.1, -0.05) is 0 Å². The van der Waals surface area contributed by atoms with Crippen molar-refractivity contribution in [2.75, 3.05) is 51.3 Å². The number of nitrogens with one attached hydrogen (secondary N) is 1. The van der Waals surface area contributed by atoms with Crippen molar-refractivity contribution in [2.24, 2.45) is 7.05 Å². The van der Waals surface area contributed by atoms with Gasteiger partial charge in [-0.05, 0) is 27.7 Å². The van der Waals surface area contributed by atoms with Crippen molar-refractivity contribution < 1.29 is 9.53 Å². The highest BCUT2D eigenvalue weighted by Gasteiger charge is 2.25. The Kier molecular flexibility index (Phi) is 6.77. The topological polar surface area (TPSA) is 62.6 Å². The van der Waals surface area contributed by atoms with E-state index in [1.54, 1.807) is 4.68 Å². The van der Waals surface area contributed by atoms with Gasteiger partial charge in [-0.2, -0.15) is 5.10 Å². The smallest absolute Gasteiger partial charge is 0.238 e. The van der Waals surface area contributed by atoms with E-state index in [-0.39, 0.29) is 5.91 Å². The van der Waals surface area contributed by atoms with Gasteiger partial charge in [0.2, 0.25) is 5.91 Å². The molecule has 0 bridgehead atoms. The Morgan fingerprint density at radius 3 is 2.71 bits per heavy atom. The minimum Gasteiger partial charge on any atom is -0.380 e. The molecule has 0 saturated carbocycles. The van der Waals surface area contributed by atoms with E-state index in [1.165, 1.54) is 0 Å². The first-order chi connectivity index (χ1) is 11.4. The molecule has 24 heavy (non-hydrogen) atoms. The van der Waals surface area contributed by atoms with Crippen LogP contribution in [0.2, 0.25) is 0 Å². The van der Waals surface area contributed by atoms with Crippen LogP contribution in [0.25, 0.3) is 0 Å². The number of carbonyl (C=O) groups excluding carboxylic acids is 1. The van der Waals surface area contributed by atoms with Gasteiger partial charge in [-0.3, -0.25) is 19.3 Å². The Balaban J connectivity index is 1.81. The minimum absolute atomic E-state index is 0.0316. The first-order valence-electron chi connectivity index (χ1n) is 8.76. The van der Waals surface area contributed by atoms with Crippen molar-refractivity contribution in [3.63, 3.8) is 0 Å². The number of anilines is 1. The average molecular weight is 337 g/mol. The van der Waals surface area contributed by atoms with Gasteiger partial charge in [0, 0.05) is 45.9 Å². The number of aryl methyl sites for hydroxylation is 2. The number of amides is 1. The van der Waals surface area contributed by atoms with E-state index >= 15 is 0 Å². The van der Waals surface area contributed by atoms with E-state index < -0.39 is 0 Å². The van der Waals surface area contributed by atoms with Crippen LogP contribution in [-0.2, 0) is 16.6 Å². The second-order valence-electron chi connectivity index (χ2n) is 6.53. The summed E-state index contributed by atoms with van der Waals surface area (Å²) in [6.07, 6.45) is 0. The first kappa shape index (κ1) is 18.9. The fraction of sp³-hybridized carbons (Fsp3) is 0.765. The Labute approximate surface area is 144 Å². The Morgan fingerprint density at radius 1 is 1.38 bits per heavy atom. The number of aromatic nitrogens is 2. The van der Waals surface area contributed by atoms with Crippen molar-refractivity contribution in [3.8, 4) is 0 Å². The number of hydrogen-bond acceptors (Lipinski definition) is 5. The molecule has 1 aliphatic heterocycles. The van der Waals surface area contributed by atoms with E-state index in [2.05, 4.69) is 27.1 Å². The summed E-state index contributed by atoms with van der Waals surface area (Å²) in [5, 5.41) is 7.35. The monoisotopic (exact) mass is 337 g/mol. The highest BCUT2D eigenvalue weighted by molar-refractivity contribution is 5.93. The van der Waals surface area contributed by atoms with Crippen molar-refractivity contribution in [3.05, 3.63) is 11.4 Å². The third-order valence-electron chi connectivity index (χ3n) is 4.72. The van der Waals surface area contributed by atoms with Gasteiger partial charge >= 0.3 is 0 Å². The molecule has 1 N–H and O–H groups in total. The number of nitrogens with zero attached hydrogens (tertiary/aromatic N) is 4. The molecule has 0 aliphatic carbocycles. The molecular formula is C17H31N5O2. The third kappa shape index (κ3) is 4.78. The summed E-state index contributed by atoms with van der Waals surface area (Å²) in [4.78, 5) is 17.0. The molecule has 2 heterocycles. The molecule has 0 aromatic carbocycles. The van der Waals surface area contributed by atoms with E-state index in [1.807, 2.05) is 27.8 Å². The standard InChI is InChI=1S/C17H31N5O2/c1-6-24-10-9-22-8-7-21(11-13(22)2)12-16(23)18-17-14(3)19-20(5)15(17)4/h13H,6-12H2,1-5H3,(H,18,23)/t13-/m1/s1. The van der Waals surface area contributed by atoms with Crippen LogP contribution in [0.3, 0.4) is 0 Å². The highest BCUT2D eigenvalue weighted by atomic mass is 16.5. The Hall–Kier alpha value is -1.44. The molecule has 2 rings (SSSR count). The van der Waals surface area contributed by atoms with Crippen molar-refractivity contribution in [2.45, 2.75) is 33.7 Å². The SMILES string of the molecule is CCOCCN1CCN(CC(=O)Nc2c(C)nn(C)c2C)C[C@H]1C. The molecular weight excluding hydrogens is 306 g/mol. The normalized spacial score (nSPS) is 19.6. The van der Waals surface area contributed by atoms with Gasteiger partial charge in [-0.15, -0.1) is 0 Å². The van der Waals surface area contributed by atoms with Gasteiger partial charge in [0.15, 0.2) is 0 Å². The van der Waals surface area contributed by atoms with Crippen LogP contribution >= 0.6 is 0 Å². The Bertz CT molecular complexity index is 557. The van der Waals surface area contributed by atoms with E-state index in [0.29, 0.717) is 12.6 Å². The summed E-state index contributed by atoms with van der Waals surface area (Å²) in [7, 11) is 1.89. The second kappa shape index (κ2) is 8.60. The quantitative estimate of drug-likeness (QED) is 0.753. The molecule has 1 saturated heterocycles. The molecule has 1 aromatic heterocycles. The molecule has 0 spiro atoms. The number of carbonyl (C=O) groups is 1. The van der Waals surface area contributed by atoms with Gasteiger partial charge < -0.3 is 10.1 Å². The van der Waals surface area contributed by atoms with Crippen LogP contribution in [0.1, 0.15) is 25.2 Å². The zero-order valence-corrected chi connectivity index (χ0v) is 15.6. The summed E-state index contributed by atoms with van der Waals surface area (Å²) in [6.45, 7) is 13.8. The zero-order valence-electron chi connectivity index (χ0n) is 15.6. The van der Waals surface area contributed by atoms with Crippen LogP contribution in [-0.4, -0.2) is 77.5 Å². The van der Waals surface area contributed by atoms with Crippen molar-refractivity contribution >= 4 is 11.6 Å². The fourth-order valence-corrected chi connectivity index (χ4v) is 3.21. The lowest BCUT2D eigenvalue weighted by atomic mass is 10.2. The Morgan fingerprint density at radius 2 is 2.12 bits per heavy atom. The summed E-state index contributed by atoms with van der Waals surface area (Å²) in [5.74, 6) is 0.0316. The van der Waals surface area contributed by atoms with Gasteiger partial charge in [0.25, 0.3) is 0 Å². The lowest BCUT2D eigenvalue weighted by molar-refractivity contribution is -0.118. The predicted octanol–water partition coefficient (Wildman–Crippen LogP) is 1.02. The fourth-order valence-electron chi connectivity index (χ4n) is 3.21. The number of rotatable bonds is 7. The molecule has 0 radical (unpaired) electrons. The summed E-state index contributed by atoms with van der Waals surface area (Å²) in [5.41, 5.74) is 2.68. The molecule has 1 fully saturated rings. The number of hydrogen-bond donors (Lipinski definition) is 1. The molecule has 1 amide bonds. The third-order valence-corrected chi connectivity index (χ3v) is 4.72. The van der Waals surface area contributed by atoms with E-state index in [0.717, 1.165) is 56.5 Å². The van der Waals surface area contributed by atoms with E-state index in [4.69, 9.17) is 4.74 Å². The molecule has 1 atom stereocenters. The van der Waals surface area contributed by atoms with Crippen LogP contribution in [0.4, 0.5) is 5.69 Å². The van der Waals surface area contributed by atoms with Crippen LogP contribution in [0.5, 0.6) is 0 Å². The maximum atomic E-state index is 12.4. The molecule has 1 aliphatic rings.